The number of halogens is 3. The second kappa shape index (κ2) is 42.2. The van der Waals surface area contributed by atoms with Gasteiger partial charge in [0.25, 0.3) is 0 Å². The Kier molecular flexibility index (Phi) is 41.1. The summed E-state index contributed by atoms with van der Waals surface area (Å²) in [5.41, 5.74) is 17.7. The number of hydrogen-bond acceptors (Lipinski definition) is 4. The fourth-order valence-electron chi connectivity index (χ4n) is 9.89. The van der Waals surface area contributed by atoms with Gasteiger partial charge in [-0.05, 0) is 186 Å². The first-order chi connectivity index (χ1) is 42.0. The number of methoxy groups -OCH3 is 2. The van der Waals surface area contributed by atoms with Crippen molar-refractivity contribution in [3.63, 3.8) is 0 Å². The van der Waals surface area contributed by atoms with Crippen molar-refractivity contribution in [1.82, 2.24) is 0 Å². The highest BCUT2D eigenvalue weighted by molar-refractivity contribution is 5.89. The molecule has 0 radical (unpaired) electrons. The Balaban J connectivity index is -0.00000104. The molecule has 0 saturated carbocycles. The Morgan fingerprint density at radius 3 is 0.758 bits per heavy atom. The minimum Gasteiger partial charge on any atom is -0.497 e. The van der Waals surface area contributed by atoms with Gasteiger partial charge in [0.05, 0.1) is 19.8 Å². The van der Waals surface area contributed by atoms with Crippen LogP contribution >= 0.6 is 0 Å². The van der Waals surface area contributed by atoms with Gasteiger partial charge >= 0.3 is 12.3 Å². The number of benzene rings is 7. The largest absolute Gasteiger partial charge is 0.573 e. The van der Waals surface area contributed by atoms with E-state index in [1.54, 1.807) is 19.2 Å². The van der Waals surface area contributed by atoms with Gasteiger partial charge in [0.2, 0.25) is 0 Å². The number of rotatable bonds is 10. The van der Waals surface area contributed by atoms with Gasteiger partial charge in [-0.15, -0.1) is 13.2 Å². The third-order valence-corrected chi connectivity index (χ3v) is 13.2. The van der Waals surface area contributed by atoms with Crippen LogP contribution in [0.3, 0.4) is 0 Å². The lowest BCUT2D eigenvalue weighted by Crippen LogP contribution is -2.17. The van der Waals surface area contributed by atoms with Crippen molar-refractivity contribution in [3.8, 4) is 11.5 Å². The van der Waals surface area contributed by atoms with Gasteiger partial charge in [-0.3, -0.25) is 0 Å². The molecule has 0 aliphatic carbocycles. The summed E-state index contributed by atoms with van der Waals surface area (Å²) in [5.74, 6) is 0.472. The van der Waals surface area contributed by atoms with Crippen LogP contribution in [0.25, 0.3) is 0 Å². The Labute approximate surface area is 582 Å². The van der Waals surface area contributed by atoms with Crippen LogP contribution in [0.5, 0.6) is 11.5 Å². The number of carbonyl (C=O) groups is 1. The summed E-state index contributed by atoms with van der Waals surface area (Å²) in [4.78, 5) is 11.2. The van der Waals surface area contributed by atoms with Crippen molar-refractivity contribution in [2.45, 2.75) is 247 Å². The van der Waals surface area contributed by atoms with Crippen LogP contribution in [-0.2, 0) is 49.7 Å². The molecule has 7 aromatic carbocycles. The topological polar surface area (TPSA) is 44.8 Å². The van der Waals surface area contributed by atoms with Crippen molar-refractivity contribution in [2.75, 3.05) is 14.2 Å². The Bertz CT molecular complexity index is 2960. The van der Waals surface area contributed by atoms with E-state index in [9.17, 15) is 18.0 Å². The second-order valence-electron chi connectivity index (χ2n) is 33.3. The summed E-state index contributed by atoms with van der Waals surface area (Å²) in [6.07, 6.45) is 2.96. The number of ether oxygens (including phenoxy) is 3. The summed E-state index contributed by atoms with van der Waals surface area (Å²) >= 11 is 0. The Hall–Kier alpha value is -6.60. The fraction of sp³-hybridized carbons (Fsp3) is 0.511. The van der Waals surface area contributed by atoms with E-state index in [1.807, 2.05) is 36.4 Å². The number of aryl methyl sites for hydroxylation is 4. The molecule has 7 aromatic rings. The molecule has 0 N–H and O–H groups in total. The van der Waals surface area contributed by atoms with Crippen LogP contribution in [0.4, 0.5) is 13.2 Å². The standard InChI is InChI=1S/C13H18O2.C12H15F3O.C12H18O.4C12H18.3CH4/c1-13(2,3)9-10-5-7-11(8-6-10)12(14)15-4;1-11(2,3)8-9-4-6-10(7-5-9)16-12(13,14)15;1-12(2,3)9-10-5-7-11(13-4)8-6-10;1-10-5-7-11(8-6-10)9-12(2,3)4;3*1-10-6-5-7-11(8-10)9-12(2,3)4;;;/h5-8H,9H2,1-4H3;4-7H,8H2,1-3H3;5-8H,9H2,1-4H3;4*5-8H,9H2,1-4H3;3*1H4. The molecule has 7 rings (SSSR count). The number of carbonyl (C=O) groups excluding carboxylic acids is 1. The van der Waals surface area contributed by atoms with Gasteiger partial charge in [0.1, 0.15) is 11.5 Å². The Morgan fingerprint density at radius 2 is 0.537 bits per heavy atom. The van der Waals surface area contributed by atoms with Crippen molar-refractivity contribution in [1.29, 1.82) is 0 Å². The SMILES string of the molecule is C.C.C.CC(C)(C)Cc1ccc(OC(F)(F)F)cc1.COC(=O)c1ccc(CC(C)(C)C)cc1.COc1ccc(CC(C)(C)C)cc1.Cc1ccc(CC(C)(C)C)cc1.Cc1cccc(CC(C)(C)C)c1.Cc1cccc(CC(C)(C)C)c1.Cc1cccc(CC(C)(C)C)c1. The quantitative estimate of drug-likeness (QED) is 0.128. The van der Waals surface area contributed by atoms with Crippen molar-refractivity contribution < 1.29 is 32.2 Å². The minimum absolute atomic E-state index is 0. The van der Waals surface area contributed by atoms with E-state index in [0.717, 1.165) is 56.3 Å². The van der Waals surface area contributed by atoms with E-state index in [2.05, 4.69) is 292 Å². The van der Waals surface area contributed by atoms with Crippen molar-refractivity contribution in [2.24, 2.45) is 37.9 Å². The number of alkyl halides is 3. The summed E-state index contributed by atoms with van der Waals surface area (Å²) in [5, 5.41) is 0. The van der Waals surface area contributed by atoms with Crippen LogP contribution in [0.15, 0.2) is 170 Å². The molecule has 0 saturated heterocycles. The zero-order valence-corrected chi connectivity index (χ0v) is 62.4. The molecule has 7 heteroatoms. The number of esters is 1. The third kappa shape index (κ3) is 51.4. The molecule has 0 aromatic heterocycles. The van der Waals surface area contributed by atoms with Gasteiger partial charge in [-0.2, -0.15) is 0 Å². The summed E-state index contributed by atoms with van der Waals surface area (Å²) in [6, 6.07) is 57.0. The maximum atomic E-state index is 11.9. The zero-order valence-electron chi connectivity index (χ0n) is 62.4. The molecule has 0 heterocycles. The predicted molar refractivity (Wildman–Crippen MR) is 411 cm³/mol. The molecule has 0 aliphatic rings. The van der Waals surface area contributed by atoms with E-state index in [0.29, 0.717) is 32.6 Å². The first-order valence-corrected chi connectivity index (χ1v) is 32.9. The van der Waals surface area contributed by atoms with Crippen LogP contribution in [-0.4, -0.2) is 26.6 Å². The number of hydrogen-bond donors (Lipinski definition) is 0. The highest BCUT2D eigenvalue weighted by Gasteiger charge is 2.31. The van der Waals surface area contributed by atoms with Crippen LogP contribution in [0.1, 0.15) is 239 Å². The van der Waals surface area contributed by atoms with E-state index >= 15 is 0 Å². The average molecular weight is 1310 g/mol. The van der Waals surface area contributed by atoms with Crippen LogP contribution in [0, 0.1) is 65.6 Å². The van der Waals surface area contributed by atoms with Gasteiger partial charge in [-0.25, -0.2) is 4.79 Å². The predicted octanol–water partition coefficient (Wildman–Crippen LogP) is 26.8. The van der Waals surface area contributed by atoms with E-state index in [1.165, 1.54) is 74.9 Å². The molecule has 0 bridgehead atoms. The van der Waals surface area contributed by atoms with Crippen molar-refractivity contribution in [3.05, 3.63) is 237 Å². The molecular formula is C88H135F3O4. The molecule has 0 spiro atoms. The maximum Gasteiger partial charge on any atom is 0.573 e. The minimum atomic E-state index is -4.62. The first-order valence-electron chi connectivity index (χ1n) is 32.9. The van der Waals surface area contributed by atoms with Gasteiger partial charge < -0.3 is 14.2 Å². The Morgan fingerprint density at radius 1 is 0.305 bits per heavy atom. The maximum absolute atomic E-state index is 11.9. The van der Waals surface area contributed by atoms with Gasteiger partial charge in [-0.1, -0.05) is 323 Å². The van der Waals surface area contributed by atoms with Gasteiger partial charge in [0, 0.05) is 0 Å². The van der Waals surface area contributed by atoms with E-state index < -0.39 is 6.36 Å². The summed E-state index contributed by atoms with van der Waals surface area (Å²) < 4.78 is 49.2. The highest BCUT2D eigenvalue weighted by atomic mass is 19.4. The lowest BCUT2D eigenvalue weighted by Gasteiger charge is -2.18. The van der Waals surface area contributed by atoms with E-state index in [-0.39, 0.29) is 44.8 Å². The first kappa shape index (κ1) is 92.6. The fourth-order valence-corrected chi connectivity index (χ4v) is 9.89. The smallest absolute Gasteiger partial charge is 0.497 e. The summed E-state index contributed by atoms with van der Waals surface area (Å²) in [6.45, 7) is 55.4. The monoisotopic (exact) mass is 1310 g/mol. The van der Waals surface area contributed by atoms with Gasteiger partial charge in [0.15, 0.2) is 0 Å². The molecule has 0 aliphatic heterocycles. The molecular weight excluding hydrogens is 1180 g/mol. The zero-order chi connectivity index (χ0) is 70.5. The van der Waals surface area contributed by atoms with Crippen molar-refractivity contribution >= 4 is 5.97 Å². The molecule has 4 nitrogen and oxygen atoms in total. The van der Waals surface area contributed by atoms with E-state index in [4.69, 9.17) is 4.74 Å². The molecule has 0 amide bonds. The molecule has 0 atom stereocenters. The van der Waals surface area contributed by atoms with Crippen LogP contribution < -0.4 is 9.47 Å². The molecule has 532 valence electrons. The molecule has 0 fully saturated rings. The van der Waals surface area contributed by atoms with Crippen LogP contribution in [0.2, 0.25) is 0 Å². The normalized spacial score (nSPS) is 11.3. The average Bonchev–Trinajstić information content (AvgIpc) is 0.937. The molecule has 0 unspecified atom stereocenters. The third-order valence-electron chi connectivity index (χ3n) is 13.2. The lowest BCUT2D eigenvalue weighted by atomic mass is 9.88. The summed E-state index contributed by atoms with van der Waals surface area (Å²) in [7, 11) is 3.09. The highest BCUT2D eigenvalue weighted by Crippen LogP contribution is 2.28. The molecule has 95 heavy (non-hydrogen) atoms. The lowest BCUT2D eigenvalue weighted by molar-refractivity contribution is -0.274. The second-order valence-corrected chi connectivity index (χ2v) is 33.3.